The molecule has 1 saturated carbocycles. The number of imidazole rings is 1. The van der Waals surface area contributed by atoms with Gasteiger partial charge in [0.15, 0.2) is 23.1 Å². The zero-order valence-electron chi connectivity index (χ0n) is 28.9. The molecule has 53 heavy (non-hydrogen) atoms. The van der Waals surface area contributed by atoms with Crippen LogP contribution in [0.5, 0.6) is 0 Å². The highest BCUT2D eigenvalue weighted by molar-refractivity contribution is 5.84. The number of aromatic nitrogens is 6. The third-order valence-corrected chi connectivity index (χ3v) is 10.1. The quantitative estimate of drug-likeness (QED) is 0.125. The van der Waals surface area contributed by atoms with E-state index in [-0.39, 0.29) is 18.9 Å². The number of anilines is 2. The van der Waals surface area contributed by atoms with Crippen LogP contribution in [0.2, 0.25) is 0 Å². The van der Waals surface area contributed by atoms with E-state index in [9.17, 15) is 28.2 Å². The molecule has 7 rings (SSSR count). The number of nitrogens with zero attached hydrogens (tertiary/aromatic N) is 7. The number of alkyl halides is 3. The first-order chi connectivity index (χ1) is 25.7. The summed E-state index contributed by atoms with van der Waals surface area (Å²) in [5.41, 5.74) is 3.34. The number of benzene rings is 2. The molecule has 1 saturated heterocycles. The average molecular weight is 734 g/mol. The van der Waals surface area contributed by atoms with E-state index in [1.165, 1.54) is 29.8 Å². The van der Waals surface area contributed by atoms with Crippen molar-refractivity contribution < 1.29 is 32.9 Å². The Morgan fingerprint density at radius 3 is 2.30 bits per heavy atom. The van der Waals surface area contributed by atoms with Crippen molar-refractivity contribution in [2.45, 2.75) is 68.7 Å². The molecule has 1 aliphatic carbocycles. The second-order valence-corrected chi connectivity index (χ2v) is 13.5. The highest BCUT2D eigenvalue weighted by Crippen LogP contribution is 2.42. The molecule has 16 heteroatoms. The summed E-state index contributed by atoms with van der Waals surface area (Å²) < 4.78 is 48.0. The van der Waals surface area contributed by atoms with Gasteiger partial charge >= 0.3 is 12.1 Å². The minimum absolute atomic E-state index is 0.0174. The lowest BCUT2D eigenvalue weighted by Crippen LogP contribution is -2.39. The highest BCUT2D eigenvalue weighted by Gasteiger charge is 2.51. The second kappa shape index (κ2) is 15.9. The number of aliphatic hydroxyl groups excluding tert-OH is 2. The lowest BCUT2D eigenvalue weighted by molar-refractivity contribution is -0.210. The maximum absolute atomic E-state index is 13.4. The third-order valence-electron chi connectivity index (χ3n) is 10.1. The SMILES string of the molecule is O=C(O[C@H]1[C@@H](O)[C@H](n2cnc3c(NCC(c4ccccc4)c4ccccc4)nc(NCCN4CCCCC4)nc32)C[C@@H]1n1cc(CO)cn1)C(F)(F)F. The number of piperidine rings is 1. The van der Waals surface area contributed by atoms with Crippen LogP contribution in [-0.4, -0.2) is 101 Å². The van der Waals surface area contributed by atoms with Crippen LogP contribution in [0.25, 0.3) is 11.2 Å². The smallest absolute Gasteiger partial charge is 0.451 e. The van der Waals surface area contributed by atoms with Gasteiger partial charge in [0.05, 0.1) is 31.2 Å². The molecule has 4 N–H and O–H groups in total. The molecule has 280 valence electrons. The zero-order valence-corrected chi connectivity index (χ0v) is 28.9. The van der Waals surface area contributed by atoms with Crippen LogP contribution < -0.4 is 10.6 Å². The van der Waals surface area contributed by atoms with Gasteiger partial charge in [0, 0.05) is 37.3 Å². The van der Waals surface area contributed by atoms with Crippen LogP contribution in [0.4, 0.5) is 24.9 Å². The third kappa shape index (κ3) is 8.14. The van der Waals surface area contributed by atoms with Crippen LogP contribution in [0.3, 0.4) is 0 Å². The maximum Gasteiger partial charge on any atom is 0.490 e. The number of hydrogen-bond donors (Lipinski definition) is 4. The Morgan fingerprint density at radius 1 is 0.962 bits per heavy atom. The molecule has 1 aliphatic heterocycles. The normalized spacial score (nSPS) is 20.9. The maximum atomic E-state index is 13.4. The van der Waals surface area contributed by atoms with Gasteiger partial charge < -0.3 is 35.1 Å². The van der Waals surface area contributed by atoms with Crippen LogP contribution in [0.15, 0.2) is 79.4 Å². The number of carbonyl (C=O) groups is 1. The summed E-state index contributed by atoms with van der Waals surface area (Å²) in [5.74, 6) is -1.70. The highest BCUT2D eigenvalue weighted by atomic mass is 19.4. The Morgan fingerprint density at radius 2 is 1.66 bits per heavy atom. The molecule has 2 fully saturated rings. The van der Waals surface area contributed by atoms with Gasteiger partial charge in [-0.15, -0.1) is 0 Å². The Balaban J connectivity index is 1.23. The van der Waals surface area contributed by atoms with E-state index in [0.29, 0.717) is 41.6 Å². The van der Waals surface area contributed by atoms with Crippen molar-refractivity contribution in [1.29, 1.82) is 0 Å². The predicted octanol–water partition coefficient (Wildman–Crippen LogP) is 4.68. The number of fused-ring (bicyclic) bond motifs is 1. The predicted molar refractivity (Wildman–Crippen MR) is 190 cm³/mol. The molecule has 2 aromatic carbocycles. The van der Waals surface area contributed by atoms with Crippen LogP contribution in [-0.2, 0) is 16.1 Å². The molecule has 4 heterocycles. The summed E-state index contributed by atoms with van der Waals surface area (Å²) in [6.07, 6.45) is -0.645. The van der Waals surface area contributed by atoms with Crippen LogP contribution in [0.1, 0.15) is 60.4 Å². The molecular weight excluding hydrogens is 691 g/mol. The monoisotopic (exact) mass is 733 g/mol. The summed E-state index contributed by atoms with van der Waals surface area (Å²) in [6, 6.07) is 18.3. The Kier molecular flexibility index (Phi) is 10.9. The van der Waals surface area contributed by atoms with E-state index < -0.39 is 36.4 Å². The van der Waals surface area contributed by atoms with Gasteiger partial charge in [-0.1, -0.05) is 67.1 Å². The fourth-order valence-corrected chi connectivity index (χ4v) is 7.35. The van der Waals surface area contributed by atoms with E-state index in [0.717, 1.165) is 43.6 Å². The minimum Gasteiger partial charge on any atom is -0.451 e. The van der Waals surface area contributed by atoms with Gasteiger partial charge in [-0.05, 0) is 43.5 Å². The first-order valence-corrected chi connectivity index (χ1v) is 17.8. The van der Waals surface area contributed by atoms with E-state index in [4.69, 9.17) is 14.7 Å². The molecule has 0 unspecified atom stereocenters. The lowest BCUT2D eigenvalue weighted by atomic mass is 9.91. The topological polar surface area (TPSA) is 155 Å². The first-order valence-electron chi connectivity index (χ1n) is 17.8. The van der Waals surface area contributed by atoms with Gasteiger partial charge in [-0.25, -0.2) is 9.78 Å². The number of esters is 1. The minimum atomic E-state index is -5.27. The van der Waals surface area contributed by atoms with Crippen molar-refractivity contribution in [3.8, 4) is 0 Å². The van der Waals surface area contributed by atoms with E-state index in [1.807, 2.05) is 36.4 Å². The van der Waals surface area contributed by atoms with Crippen LogP contribution in [0, 0.1) is 0 Å². The molecule has 5 aromatic rings. The average Bonchev–Trinajstić information content (AvgIpc) is 3.90. The van der Waals surface area contributed by atoms with Crippen LogP contribution >= 0.6 is 0 Å². The molecule has 4 atom stereocenters. The summed E-state index contributed by atoms with van der Waals surface area (Å²) in [5, 5.41) is 32.2. The molecule has 0 radical (unpaired) electrons. The number of nitrogens with one attached hydrogen (secondary N) is 2. The fourth-order valence-electron chi connectivity index (χ4n) is 7.35. The summed E-state index contributed by atoms with van der Waals surface area (Å²) in [7, 11) is 0. The molecule has 0 spiro atoms. The Bertz CT molecular complexity index is 1930. The molecule has 0 bridgehead atoms. The van der Waals surface area contributed by atoms with E-state index in [2.05, 4.69) is 49.9 Å². The fraction of sp³-hybridized carbons (Fsp3) is 0.432. The van der Waals surface area contributed by atoms with Crippen molar-refractivity contribution in [3.63, 3.8) is 0 Å². The molecular formula is C37H42F3N9O4. The van der Waals surface area contributed by atoms with Gasteiger partial charge in [0.1, 0.15) is 6.10 Å². The zero-order chi connectivity index (χ0) is 37.0. The number of carbonyl (C=O) groups excluding carboxylic acids is 1. The standard InChI is InChI=1S/C37H42F3N9O4/c38-37(39,40)35(52)53-32-29(49-21-24(22-50)19-44-49)18-28(31(32)51)48-23-43-30-33(45-36(46-34(30)48)41-14-17-47-15-8-3-9-16-47)42-20-27(25-10-4-1-5-11-25)26-12-6-2-7-13-26/h1-2,4-7,10-13,19,21,23,27-29,31-32,50-51H,3,8-9,14-18,20,22H2,(H2,41,42,45,46)/t28-,29+,31+,32-/m1/s1. The number of halogens is 3. The molecule has 0 amide bonds. The van der Waals surface area contributed by atoms with Gasteiger partial charge in [-0.3, -0.25) is 4.68 Å². The van der Waals surface area contributed by atoms with Crippen molar-refractivity contribution in [2.75, 3.05) is 43.4 Å². The lowest BCUT2D eigenvalue weighted by Gasteiger charge is -2.26. The second-order valence-electron chi connectivity index (χ2n) is 13.5. The largest absolute Gasteiger partial charge is 0.490 e. The van der Waals surface area contributed by atoms with Crippen molar-refractivity contribution >= 4 is 28.9 Å². The number of hydrogen-bond acceptors (Lipinski definition) is 11. The number of rotatable bonds is 13. The van der Waals surface area contributed by atoms with Crippen molar-refractivity contribution in [1.82, 2.24) is 34.2 Å². The van der Waals surface area contributed by atoms with Gasteiger partial charge in [-0.2, -0.15) is 28.2 Å². The van der Waals surface area contributed by atoms with Gasteiger partial charge in [0.25, 0.3) is 0 Å². The number of likely N-dealkylation sites (tertiary alicyclic amines) is 1. The number of ether oxygens (including phenoxy) is 1. The van der Waals surface area contributed by atoms with E-state index >= 15 is 0 Å². The van der Waals surface area contributed by atoms with E-state index in [1.54, 1.807) is 4.57 Å². The molecule has 3 aromatic heterocycles. The molecule has 2 aliphatic rings. The molecule has 13 nitrogen and oxygen atoms in total. The van der Waals surface area contributed by atoms with Gasteiger partial charge in [0.2, 0.25) is 5.95 Å². The summed E-state index contributed by atoms with van der Waals surface area (Å²) in [4.78, 5) is 28.7. The summed E-state index contributed by atoms with van der Waals surface area (Å²) >= 11 is 0. The van der Waals surface area contributed by atoms with Crippen molar-refractivity contribution in [3.05, 3.63) is 96.1 Å². The summed E-state index contributed by atoms with van der Waals surface area (Å²) in [6.45, 7) is 3.52. The Labute approximate surface area is 303 Å². The Hall–Kier alpha value is -5.06. The first kappa shape index (κ1) is 36.3. The van der Waals surface area contributed by atoms with Crippen molar-refractivity contribution in [2.24, 2.45) is 0 Å². The number of aliphatic hydroxyl groups is 2.